The quantitative estimate of drug-likeness (QED) is 0.583. The van der Waals surface area contributed by atoms with Crippen molar-refractivity contribution < 1.29 is 19.0 Å². The molecule has 5 atom stereocenters. The Hall–Kier alpha value is -1.48. The first kappa shape index (κ1) is 18.9. The molecular formula is C19H24O4S. The molecule has 24 heavy (non-hydrogen) atoms. The Morgan fingerprint density at radius 3 is 2.62 bits per heavy atom. The summed E-state index contributed by atoms with van der Waals surface area (Å²) in [5, 5.41) is 0. The Balaban J connectivity index is 2.12. The average molecular weight is 348 g/mol. The standard InChI is InChI=1S/C19H24O4S/c1-5-11-21-18-13(2)17(12-22-15(4)20)23-19(14(18)3)24-16-9-7-6-8-10-16/h1,6-10,13-14,17-19H,11-12H2,2-4H3/t13-,14?,17?,18-,19-/m0/s1. The van der Waals surface area contributed by atoms with E-state index < -0.39 is 0 Å². The molecule has 2 rings (SSSR count). The number of carbonyl (C=O) groups excluding carboxylic acids is 1. The molecule has 0 amide bonds. The van der Waals surface area contributed by atoms with Gasteiger partial charge in [0.15, 0.2) is 0 Å². The van der Waals surface area contributed by atoms with Crippen molar-refractivity contribution in [3.8, 4) is 12.3 Å². The summed E-state index contributed by atoms with van der Waals surface area (Å²) in [7, 11) is 0. The summed E-state index contributed by atoms with van der Waals surface area (Å²) < 4.78 is 17.3. The number of hydrogen-bond acceptors (Lipinski definition) is 5. The maximum atomic E-state index is 11.1. The second-order valence-corrected chi connectivity index (χ2v) is 7.15. The number of carbonyl (C=O) groups is 1. The highest BCUT2D eigenvalue weighted by Gasteiger charge is 2.42. The third-order valence-corrected chi connectivity index (χ3v) is 5.48. The molecular weight excluding hydrogens is 324 g/mol. The van der Waals surface area contributed by atoms with Crippen LogP contribution in [0.25, 0.3) is 0 Å². The molecule has 1 aromatic rings. The predicted molar refractivity (Wildman–Crippen MR) is 94.5 cm³/mol. The Morgan fingerprint density at radius 2 is 2.00 bits per heavy atom. The highest BCUT2D eigenvalue weighted by molar-refractivity contribution is 7.99. The molecule has 0 spiro atoms. The van der Waals surface area contributed by atoms with Crippen LogP contribution in [0.3, 0.4) is 0 Å². The summed E-state index contributed by atoms with van der Waals surface area (Å²) in [6.45, 7) is 6.06. The first-order valence-corrected chi connectivity index (χ1v) is 8.96. The topological polar surface area (TPSA) is 44.8 Å². The fourth-order valence-electron chi connectivity index (χ4n) is 2.87. The summed E-state index contributed by atoms with van der Waals surface area (Å²) in [6, 6.07) is 10.1. The minimum Gasteiger partial charge on any atom is -0.463 e. The average Bonchev–Trinajstić information content (AvgIpc) is 2.57. The molecule has 0 aliphatic carbocycles. The minimum absolute atomic E-state index is 0.0448. The van der Waals surface area contributed by atoms with Crippen molar-refractivity contribution in [3.63, 3.8) is 0 Å². The largest absolute Gasteiger partial charge is 0.463 e. The molecule has 1 fully saturated rings. The van der Waals surface area contributed by atoms with Crippen LogP contribution in [0, 0.1) is 24.2 Å². The second-order valence-electron chi connectivity index (χ2n) is 5.97. The van der Waals surface area contributed by atoms with Crippen LogP contribution in [-0.4, -0.2) is 36.8 Å². The van der Waals surface area contributed by atoms with Crippen LogP contribution < -0.4 is 0 Å². The van der Waals surface area contributed by atoms with Crippen molar-refractivity contribution in [3.05, 3.63) is 30.3 Å². The third kappa shape index (κ3) is 5.01. The first-order valence-electron chi connectivity index (χ1n) is 8.08. The highest BCUT2D eigenvalue weighted by Crippen LogP contribution is 2.40. The summed E-state index contributed by atoms with van der Waals surface area (Å²) in [6.07, 6.45) is 5.09. The zero-order valence-electron chi connectivity index (χ0n) is 14.3. The Kier molecular flexibility index (Phi) is 7.16. The van der Waals surface area contributed by atoms with Crippen LogP contribution in [0.5, 0.6) is 0 Å². The third-order valence-electron chi connectivity index (χ3n) is 4.17. The minimum atomic E-state index is -0.308. The monoisotopic (exact) mass is 348 g/mol. The molecule has 0 saturated carbocycles. The van der Waals surface area contributed by atoms with Crippen molar-refractivity contribution in [2.24, 2.45) is 11.8 Å². The van der Waals surface area contributed by atoms with Crippen molar-refractivity contribution in [2.75, 3.05) is 13.2 Å². The molecule has 4 nitrogen and oxygen atoms in total. The summed E-state index contributed by atoms with van der Waals surface area (Å²) >= 11 is 1.66. The zero-order chi connectivity index (χ0) is 17.5. The fourth-order valence-corrected chi connectivity index (χ4v) is 4.02. The van der Waals surface area contributed by atoms with Gasteiger partial charge < -0.3 is 14.2 Å². The number of thioether (sulfide) groups is 1. The molecule has 0 aromatic heterocycles. The van der Waals surface area contributed by atoms with E-state index >= 15 is 0 Å². The lowest BCUT2D eigenvalue weighted by Crippen LogP contribution is -2.50. The Bertz CT molecular complexity index is 568. The number of benzene rings is 1. The van der Waals surface area contributed by atoms with Gasteiger partial charge in [-0.25, -0.2) is 0 Å². The lowest BCUT2D eigenvalue weighted by molar-refractivity contribution is -0.173. The van der Waals surface area contributed by atoms with Crippen LogP contribution in [0.1, 0.15) is 20.8 Å². The van der Waals surface area contributed by atoms with E-state index in [0.29, 0.717) is 0 Å². The molecule has 1 saturated heterocycles. The maximum Gasteiger partial charge on any atom is 0.302 e. The number of esters is 1. The molecule has 0 radical (unpaired) electrons. The molecule has 5 heteroatoms. The van der Waals surface area contributed by atoms with Gasteiger partial charge in [-0.15, -0.1) is 6.42 Å². The van der Waals surface area contributed by atoms with Gasteiger partial charge in [0.25, 0.3) is 0 Å². The van der Waals surface area contributed by atoms with Gasteiger partial charge in [-0.1, -0.05) is 49.7 Å². The molecule has 0 N–H and O–H groups in total. The van der Waals surface area contributed by atoms with E-state index in [4.69, 9.17) is 20.6 Å². The van der Waals surface area contributed by atoms with Crippen LogP contribution in [0.2, 0.25) is 0 Å². The van der Waals surface area contributed by atoms with Gasteiger partial charge in [0.2, 0.25) is 0 Å². The molecule has 0 bridgehead atoms. The van der Waals surface area contributed by atoms with E-state index in [1.165, 1.54) is 6.92 Å². The van der Waals surface area contributed by atoms with Gasteiger partial charge in [-0.3, -0.25) is 4.79 Å². The normalized spacial score (nSPS) is 29.7. The summed E-state index contributed by atoms with van der Waals surface area (Å²) in [5.41, 5.74) is -0.0908. The second kappa shape index (κ2) is 9.12. The molecule has 130 valence electrons. The van der Waals surface area contributed by atoms with E-state index in [0.717, 1.165) is 4.90 Å². The van der Waals surface area contributed by atoms with Crippen molar-refractivity contribution in [1.82, 2.24) is 0 Å². The number of hydrogen-bond donors (Lipinski definition) is 0. The van der Waals surface area contributed by atoms with Gasteiger partial charge in [0, 0.05) is 23.7 Å². The lowest BCUT2D eigenvalue weighted by Gasteiger charge is -2.44. The van der Waals surface area contributed by atoms with Crippen LogP contribution >= 0.6 is 11.8 Å². The van der Waals surface area contributed by atoms with Gasteiger partial charge in [-0.2, -0.15) is 0 Å². The highest BCUT2D eigenvalue weighted by atomic mass is 32.2. The first-order chi connectivity index (χ1) is 11.5. The summed E-state index contributed by atoms with van der Waals surface area (Å²) in [5.74, 6) is 2.47. The van der Waals surface area contributed by atoms with Crippen LogP contribution in [0.15, 0.2) is 35.2 Å². The molecule has 1 heterocycles. The molecule has 2 unspecified atom stereocenters. The molecule has 1 aromatic carbocycles. The van der Waals surface area contributed by atoms with Gasteiger partial charge in [0.1, 0.15) is 18.6 Å². The summed E-state index contributed by atoms with van der Waals surface area (Å²) in [4.78, 5) is 12.3. The number of ether oxygens (including phenoxy) is 3. The zero-order valence-corrected chi connectivity index (χ0v) is 15.1. The van der Waals surface area contributed by atoms with Gasteiger partial charge >= 0.3 is 5.97 Å². The Morgan fingerprint density at radius 1 is 1.29 bits per heavy atom. The van der Waals surface area contributed by atoms with E-state index in [2.05, 4.69) is 31.9 Å². The maximum absolute atomic E-state index is 11.1. The van der Waals surface area contributed by atoms with Crippen molar-refractivity contribution in [1.29, 1.82) is 0 Å². The van der Waals surface area contributed by atoms with E-state index in [1.807, 2.05) is 18.2 Å². The number of terminal acetylenes is 1. The van der Waals surface area contributed by atoms with Crippen LogP contribution in [0.4, 0.5) is 0 Å². The smallest absolute Gasteiger partial charge is 0.302 e. The molecule has 1 aliphatic heterocycles. The number of rotatable bonds is 6. The van der Waals surface area contributed by atoms with Crippen molar-refractivity contribution in [2.45, 2.75) is 43.3 Å². The predicted octanol–water partition coefficient (Wildman–Crippen LogP) is 3.36. The Labute approximate surface area is 148 Å². The molecule has 1 aliphatic rings. The SMILES string of the molecule is C#CCO[C@@H]1C(C)[C@H](Sc2ccccc2)OC(COC(C)=O)[C@@H]1C. The van der Waals surface area contributed by atoms with Gasteiger partial charge in [0.05, 0.1) is 12.2 Å². The van der Waals surface area contributed by atoms with E-state index in [-0.39, 0.29) is 48.7 Å². The fraction of sp³-hybridized carbons (Fsp3) is 0.526. The lowest BCUT2D eigenvalue weighted by atomic mass is 9.86. The van der Waals surface area contributed by atoms with Crippen molar-refractivity contribution >= 4 is 17.7 Å². The van der Waals surface area contributed by atoms with E-state index in [1.54, 1.807) is 11.8 Å². The van der Waals surface area contributed by atoms with Crippen LogP contribution in [-0.2, 0) is 19.0 Å². The van der Waals surface area contributed by atoms with E-state index in [9.17, 15) is 4.79 Å². The van der Waals surface area contributed by atoms with Gasteiger partial charge in [-0.05, 0) is 12.1 Å².